The van der Waals surface area contributed by atoms with Crippen LogP contribution in [0.25, 0.3) is 21.4 Å². The number of nitriles is 1. The maximum Gasteiger partial charge on any atom is 0.262 e. The van der Waals surface area contributed by atoms with Gasteiger partial charge in [-0.15, -0.1) is 11.8 Å². The number of benzene rings is 3. The number of hydrogen-bond donors (Lipinski definition) is 0. The van der Waals surface area contributed by atoms with Gasteiger partial charge in [0.1, 0.15) is 0 Å². The molecule has 0 fully saturated rings. The lowest BCUT2D eigenvalue weighted by molar-refractivity contribution is 0.0962. The number of hydrogen-bond acceptors (Lipinski definition) is 3. The third kappa shape index (κ3) is 2.79. The maximum absolute atomic E-state index is 13.5. The van der Waals surface area contributed by atoms with Crippen LogP contribution in [0.3, 0.4) is 0 Å². The molecule has 0 unspecified atom stereocenters. The molecule has 29 heavy (non-hydrogen) atoms. The van der Waals surface area contributed by atoms with E-state index in [1.165, 1.54) is 0 Å². The van der Waals surface area contributed by atoms with Crippen molar-refractivity contribution in [1.29, 1.82) is 5.26 Å². The number of carbonyl (C=O) groups is 1. The number of aromatic nitrogens is 1. The van der Waals surface area contributed by atoms with Crippen molar-refractivity contribution in [3.05, 3.63) is 107 Å². The number of thioether (sulfide) groups is 1. The first-order chi connectivity index (χ1) is 14.3. The van der Waals surface area contributed by atoms with Crippen molar-refractivity contribution in [1.82, 2.24) is 4.57 Å². The summed E-state index contributed by atoms with van der Waals surface area (Å²) >= 11 is 1.66. The first kappa shape index (κ1) is 17.5. The molecule has 0 aliphatic carbocycles. The Kier molecular flexibility index (Phi) is 4.31. The molecular weight excluding hydrogens is 376 g/mol. The second-order valence-corrected chi connectivity index (χ2v) is 7.81. The van der Waals surface area contributed by atoms with E-state index in [4.69, 9.17) is 0 Å². The summed E-state index contributed by atoms with van der Waals surface area (Å²) in [6.45, 7) is 0. The van der Waals surface area contributed by atoms with Gasteiger partial charge in [-0.3, -0.25) is 9.36 Å². The molecule has 5 rings (SSSR count). The topological polar surface area (TPSA) is 45.8 Å². The summed E-state index contributed by atoms with van der Waals surface area (Å²) in [5.41, 5.74) is 3.17. The molecule has 0 saturated heterocycles. The largest absolute Gasteiger partial charge is 0.275 e. The van der Waals surface area contributed by atoms with Crippen LogP contribution in [-0.2, 0) is 0 Å². The SMILES string of the molecule is N#CC1=c2c(c3ccccc3n2C(=O)c2ccccc2)=C(c2ccccc2)SC1. The van der Waals surface area contributed by atoms with Crippen LogP contribution < -0.4 is 10.6 Å². The van der Waals surface area contributed by atoms with Crippen molar-refractivity contribution in [2.75, 3.05) is 5.75 Å². The Bertz CT molecular complexity index is 1410. The summed E-state index contributed by atoms with van der Waals surface area (Å²) in [5.74, 6) is 0.432. The Morgan fingerprint density at radius 3 is 2.28 bits per heavy atom. The minimum atomic E-state index is -0.116. The Morgan fingerprint density at radius 2 is 1.55 bits per heavy atom. The fourth-order valence-corrected chi connectivity index (χ4v) is 5.01. The molecule has 2 heterocycles. The van der Waals surface area contributed by atoms with Crippen LogP contribution in [-0.4, -0.2) is 16.2 Å². The van der Waals surface area contributed by atoms with E-state index in [-0.39, 0.29) is 5.91 Å². The van der Waals surface area contributed by atoms with Gasteiger partial charge in [0.05, 0.1) is 22.5 Å². The van der Waals surface area contributed by atoms with Gasteiger partial charge < -0.3 is 0 Å². The van der Waals surface area contributed by atoms with Gasteiger partial charge in [0.2, 0.25) is 0 Å². The third-order valence-corrected chi connectivity index (χ3v) is 6.30. The van der Waals surface area contributed by atoms with Crippen LogP contribution in [0.4, 0.5) is 0 Å². The van der Waals surface area contributed by atoms with Gasteiger partial charge in [-0.05, 0) is 23.8 Å². The molecule has 1 aliphatic rings. The molecule has 0 spiro atoms. The highest BCUT2D eigenvalue weighted by Gasteiger charge is 2.23. The molecule has 3 nitrogen and oxygen atoms in total. The molecule has 0 atom stereocenters. The second kappa shape index (κ2) is 7.12. The smallest absolute Gasteiger partial charge is 0.262 e. The van der Waals surface area contributed by atoms with Crippen molar-refractivity contribution in [3.8, 4) is 6.07 Å². The van der Waals surface area contributed by atoms with Crippen LogP contribution in [0, 0.1) is 11.3 Å². The second-order valence-electron chi connectivity index (χ2n) is 6.82. The van der Waals surface area contributed by atoms with E-state index in [2.05, 4.69) is 18.2 Å². The highest BCUT2D eigenvalue weighted by atomic mass is 32.2. The molecule has 0 saturated carbocycles. The summed E-state index contributed by atoms with van der Waals surface area (Å²) in [4.78, 5) is 14.6. The average Bonchev–Trinajstić information content (AvgIpc) is 3.14. The Labute approximate surface area is 172 Å². The number of nitrogens with zero attached hydrogens (tertiary/aromatic N) is 2. The van der Waals surface area contributed by atoms with Crippen molar-refractivity contribution in [2.45, 2.75) is 0 Å². The van der Waals surface area contributed by atoms with Gasteiger partial charge in [-0.1, -0.05) is 66.7 Å². The van der Waals surface area contributed by atoms with Gasteiger partial charge in [0.15, 0.2) is 0 Å². The zero-order valence-corrected chi connectivity index (χ0v) is 16.3. The van der Waals surface area contributed by atoms with Crippen molar-refractivity contribution in [2.24, 2.45) is 0 Å². The van der Waals surface area contributed by atoms with Crippen molar-refractivity contribution >= 4 is 39.1 Å². The molecule has 0 N–H and O–H groups in total. The molecular formula is C25H16N2OS. The lowest BCUT2D eigenvalue weighted by atomic mass is 10.1. The van der Waals surface area contributed by atoms with Crippen molar-refractivity contribution in [3.63, 3.8) is 0 Å². The molecule has 4 aromatic rings. The first-order valence-corrected chi connectivity index (χ1v) is 10.3. The Hall–Kier alpha value is -3.55. The van der Waals surface area contributed by atoms with Crippen LogP contribution in [0.1, 0.15) is 15.9 Å². The minimum absolute atomic E-state index is 0.116. The summed E-state index contributed by atoms with van der Waals surface area (Å²) < 4.78 is 1.72. The highest BCUT2D eigenvalue weighted by Crippen LogP contribution is 2.29. The molecule has 4 heteroatoms. The van der Waals surface area contributed by atoms with Crippen LogP contribution in [0.15, 0.2) is 84.9 Å². The summed E-state index contributed by atoms with van der Waals surface area (Å²) in [7, 11) is 0. The van der Waals surface area contributed by atoms with E-state index in [0.717, 1.165) is 31.9 Å². The zero-order chi connectivity index (χ0) is 19.8. The first-order valence-electron chi connectivity index (χ1n) is 9.34. The predicted octanol–water partition coefficient (Wildman–Crippen LogP) is 3.91. The normalized spacial score (nSPS) is 13.2. The van der Waals surface area contributed by atoms with Gasteiger partial charge in [-0.25, -0.2) is 0 Å². The number of fused-ring (bicyclic) bond motifs is 3. The Morgan fingerprint density at radius 1 is 0.897 bits per heavy atom. The van der Waals surface area contributed by atoms with E-state index in [1.54, 1.807) is 16.3 Å². The Balaban J connectivity index is 1.99. The summed E-state index contributed by atoms with van der Waals surface area (Å²) in [5, 5.41) is 12.6. The lowest BCUT2D eigenvalue weighted by Crippen LogP contribution is -2.38. The molecule has 0 radical (unpaired) electrons. The number of carbonyl (C=O) groups excluding carboxylic acids is 1. The molecule has 3 aromatic carbocycles. The monoisotopic (exact) mass is 392 g/mol. The fraction of sp³-hybridized carbons (Fsp3) is 0.0400. The van der Waals surface area contributed by atoms with Gasteiger partial charge >= 0.3 is 0 Å². The molecule has 138 valence electrons. The maximum atomic E-state index is 13.5. The van der Waals surface area contributed by atoms with E-state index < -0.39 is 0 Å². The van der Waals surface area contributed by atoms with E-state index in [0.29, 0.717) is 16.9 Å². The predicted molar refractivity (Wildman–Crippen MR) is 118 cm³/mol. The highest BCUT2D eigenvalue weighted by molar-refractivity contribution is 8.08. The average molecular weight is 392 g/mol. The van der Waals surface area contributed by atoms with Crippen LogP contribution >= 0.6 is 11.8 Å². The lowest BCUT2D eigenvalue weighted by Gasteiger charge is -2.13. The van der Waals surface area contributed by atoms with Crippen molar-refractivity contribution < 1.29 is 4.79 Å². The minimum Gasteiger partial charge on any atom is -0.275 e. The standard InChI is InChI=1S/C25H16N2OS/c26-15-19-16-29-24(17-9-3-1-4-10-17)22-20-13-7-8-14-21(20)27(23(19)22)25(28)18-11-5-2-6-12-18/h1-14H,16H2. The molecule has 1 aromatic heterocycles. The van der Waals surface area contributed by atoms with E-state index in [9.17, 15) is 10.1 Å². The molecule has 0 bridgehead atoms. The molecule has 0 amide bonds. The quantitative estimate of drug-likeness (QED) is 0.520. The molecule has 1 aliphatic heterocycles. The fourth-order valence-electron chi connectivity index (χ4n) is 3.86. The van der Waals surface area contributed by atoms with Gasteiger partial charge in [0.25, 0.3) is 5.91 Å². The van der Waals surface area contributed by atoms with E-state index in [1.807, 2.05) is 72.8 Å². The third-order valence-electron chi connectivity index (χ3n) is 5.14. The summed E-state index contributed by atoms with van der Waals surface area (Å²) in [6.07, 6.45) is 0. The van der Waals surface area contributed by atoms with Gasteiger partial charge in [-0.2, -0.15) is 5.26 Å². The zero-order valence-electron chi connectivity index (χ0n) is 15.5. The van der Waals surface area contributed by atoms with E-state index >= 15 is 0 Å². The summed E-state index contributed by atoms with van der Waals surface area (Å²) in [6, 6.07) is 29.7. The number of para-hydroxylation sites is 1. The number of rotatable bonds is 2. The van der Waals surface area contributed by atoms with Crippen LogP contribution in [0.5, 0.6) is 0 Å². The van der Waals surface area contributed by atoms with Gasteiger partial charge in [0, 0.05) is 26.8 Å². The van der Waals surface area contributed by atoms with Crippen LogP contribution in [0.2, 0.25) is 0 Å².